The maximum absolute atomic E-state index is 10.2. The molecule has 3 rings (SSSR count). The van der Waals surface area contributed by atoms with Gasteiger partial charge in [-0.2, -0.15) is 0 Å². The Kier molecular flexibility index (Phi) is 6.08. The Labute approximate surface area is 157 Å². The highest BCUT2D eigenvalue weighted by Gasteiger charge is 2.13. The van der Waals surface area contributed by atoms with Crippen LogP contribution in [-0.4, -0.2) is 5.11 Å². The Morgan fingerprint density at radius 3 is 2.42 bits per heavy atom. The zero-order chi connectivity index (χ0) is 18.5. The molecule has 0 aliphatic carbocycles. The van der Waals surface area contributed by atoms with E-state index >= 15 is 0 Å². The summed E-state index contributed by atoms with van der Waals surface area (Å²) in [6.45, 7) is 6.52. The predicted molar refractivity (Wildman–Crippen MR) is 111 cm³/mol. The lowest BCUT2D eigenvalue weighted by atomic mass is 10.1. The summed E-state index contributed by atoms with van der Waals surface area (Å²) < 4.78 is 6.19. The van der Waals surface area contributed by atoms with Crippen molar-refractivity contribution in [3.8, 4) is 5.75 Å². The molecule has 3 heteroatoms. The molecule has 2 nitrogen and oxygen atoms in total. The van der Waals surface area contributed by atoms with Gasteiger partial charge in [0, 0.05) is 5.30 Å². The first-order chi connectivity index (χ1) is 12.5. The van der Waals surface area contributed by atoms with Gasteiger partial charge in [-0.05, 0) is 42.8 Å². The number of hydrogen-bond donors (Lipinski definition) is 1. The van der Waals surface area contributed by atoms with E-state index < -0.39 is 6.10 Å². The Morgan fingerprint density at radius 2 is 1.69 bits per heavy atom. The average molecular weight is 364 g/mol. The maximum atomic E-state index is 10.2. The van der Waals surface area contributed by atoms with Crippen LogP contribution >= 0.6 is 8.58 Å². The van der Waals surface area contributed by atoms with Gasteiger partial charge in [0.25, 0.3) is 0 Å². The van der Waals surface area contributed by atoms with Gasteiger partial charge in [0.2, 0.25) is 0 Å². The van der Waals surface area contributed by atoms with Gasteiger partial charge >= 0.3 is 0 Å². The first-order valence-corrected chi connectivity index (χ1v) is 9.86. The molecule has 0 bridgehead atoms. The molecule has 134 valence electrons. The zero-order valence-electron chi connectivity index (χ0n) is 15.5. The maximum Gasteiger partial charge on any atom is 0.130 e. The second kappa shape index (κ2) is 8.49. The quantitative estimate of drug-likeness (QED) is 0.650. The lowest BCUT2D eigenvalue weighted by Crippen LogP contribution is -2.14. The van der Waals surface area contributed by atoms with Crippen LogP contribution in [0.15, 0.2) is 66.7 Å². The van der Waals surface area contributed by atoms with Crippen LogP contribution in [0, 0.1) is 13.8 Å². The van der Waals surface area contributed by atoms with Gasteiger partial charge in [0.15, 0.2) is 0 Å². The summed E-state index contributed by atoms with van der Waals surface area (Å²) in [6, 6.07) is 22.8. The monoisotopic (exact) mass is 364 g/mol. The highest BCUT2D eigenvalue weighted by molar-refractivity contribution is 7.55. The van der Waals surface area contributed by atoms with Crippen LogP contribution in [0.3, 0.4) is 0 Å². The van der Waals surface area contributed by atoms with Gasteiger partial charge in [-0.15, -0.1) is 0 Å². The summed E-state index contributed by atoms with van der Waals surface area (Å²) in [5, 5.41) is 12.5. The fraction of sp³-hybridized carbons (Fsp3) is 0.217. The van der Waals surface area contributed by atoms with E-state index in [9.17, 15) is 5.11 Å². The van der Waals surface area contributed by atoms with E-state index in [4.69, 9.17) is 4.74 Å². The minimum absolute atomic E-state index is 0.442. The molecule has 0 spiro atoms. The van der Waals surface area contributed by atoms with Crippen LogP contribution in [0.2, 0.25) is 0 Å². The third-order valence-electron chi connectivity index (χ3n) is 4.36. The molecule has 3 aromatic carbocycles. The van der Waals surface area contributed by atoms with Crippen LogP contribution in [0.25, 0.3) is 0 Å². The predicted octanol–water partition coefficient (Wildman–Crippen LogP) is 4.57. The largest absolute Gasteiger partial charge is 0.488 e. The van der Waals surface area contributed by atoms with Crippen molar-refractivity contribution in [3.05, 3.63) is 89.0 Å². The fourth-order valence-corrected chi connectivity index (χ4v) is 4.40. The average Bonchev–Trinajstić information content (AvgIpc) is 2.63. The van der Waals surface area contributed by atoms with E-state index in [1.54, 1.807) is 0 Å². The van der Waals surface area contributed by atoms with Gasteiger partial charge in [-0.3, -0.25) is 0 Å². The molecule has 0 saturated carbocycles. The molecule has 3 aromatic rings. The smallest absolute Gasteiger partial charge is 0.130 e. The van der Waals surface area contributed by atoms with E-state index in [0.717, 1.165) is 22.4 Å². The molecule has 0 aliphatic heterocycles. The number of aryl methyl sites for hydroxylation is 2. The molecule has 26 heavy (non-hydrogen) atoms. The highest BCUT2D eigenvalue weighted by Crippen LogP contribution is 2.27. The fourth-order valence-electron chi connectivity index (χ4n) is 2.96. The van der Waals surface area contributed by atoms with Gasteiger partial charge in [-0.25, -0.2) is 0 Å². The lowest BCUT2D eigenvalue weighted by molar-refractivity contribution is 0.200. The van der Waals surface area contributed by atoms with Crippen molar-refractivity contribution in [3.63, 3.8) is 0 Å². The van der Waals surface area contributed by atoms with E-state index in [-0.39, 0.29) is 0 Å². The first kappa shape index (κ1) is 18.6. The molecule has 0 radical (unpaired) electrons. The molecule has 0 aromatic heterocycles. The number of benzene rings is 3. The Hall–Kier alpha value is -2.15. The minimum Gasteiger partial charge on any atom is -0.488 e. The van der Waals surface area contributed by atoms with Gasteiger partial charge in [-0.1, -0.05) is 80.9 Å². The number of ether oxygens (including phenoxy) is 1. The summed E-state index contributed by atoms with van der Waals surface area (Å²) in [4.78, 5) is 0. The second-order valence-electron chi connectivity index (χ2n) is 6.62. The SMILES string of the molecule is Cc1ccc(Pc2cccc(C)c2OCc2ccccc2)c(C(C)O)c1. The number of para-hydroxylation sites is 1. The van der Waals surface area contributed by atoms with Crippen molar-refractivity contribution in [1.29, 1.82) is 0 Å². The Morgan fingerprint density at radius 1 is 0.923 bits per heavy atom. The Balaban J connectivity index is 1.88. The highest BCUT2D eigenvalue weighted by atomic mass is 31.1. The van der Waals surface area contributed by atoms with Crippen LogP contribution in [-0.2, 0) is 6.61 Å². The topological polar surface area (TPSA) is 29.5 Å². The summed E-state index contributed by atoms with van der Waals surface area (Å²) >= 11 is 0. The van der Waals surface area contributed by atoms with Crippen molar-refractivity contribution < 1.29 is 9.84 Å². The van der Waals surface area contributed by atoms with Gasteiger partial charge < -0.3 is 9.84 Å². The van der Waals surface area contributed by atoms with Crippen LogP contribution in [0.1, 0.15) is 35.3 Å². The number of hydrogen-bond acceptors (Lipinski definition) is 2. The van der Waals surface area contributed by atoms with Crippen molar-refractivity contribution in [2.75, 3.05) is 0 Å². The lowest BCUT2D eigenvalue weighted by Gasteiger charge is -2.17. The van der Waals surface area contributed by atoms with Crippen LogP contribution < -0.4 is 15.3 Å². The second-order valence-corrected chi connectivity index (χ2v) is 7.94. The van der Waals surface area contributed by atoms with Crippen molar-refractivity contribution in [2.24, 2.45) is 0 Å². The van der Waals surface area contributed by atoms with Gasteiger partial charge in [0.05, 0.1) is 6.10 Å². The summed E-state index contributed by atoms with van der Waals surface area (Å²) in [6.07, 6.45) is -0.476. The van der Waals surface area contributed by atoms with E-state index in [2.05, 4.69) is 62.4 Å². The number of rotatable bonds is 6. The van der Waals surface area contributed by atoms with Crippen LogP contribution in [0.5, 0.6) is 5.75 Å². The normalized spacial score (nSPS) is 12.5. The molecular formula is C23H25O2P. The molecular weight excluding hydrogens is 339 g/mol. The molecule has 0 heterocycles. The standard InChI is InChI=1S/C23H25O2P/c1-16-12-13-21(20(14-16)18(3)24)26-22-11-7-8-17(2)23(22)25-15-19-9-5-4-6-10-19/h4-14,18,24,26H,15H2,1-3H3. The molecule has 0 fully saturated rings. The zero-order valence-corrected chi connectivity index (χ0v) is 16.5. The van der Waals surface area contributed by atoms with E-state index in [0.29, 0.717) is 15.2 Å². The third kappa shape index (κ3) is 4.52. The summed E-state index contributed by atoms with van der Waals surface area (Å²) in [5.41, 5.74) is 4.46. The molecule has 0 aliphatic rings. The van der Waals surface area contributed by atoms with Crippen LogP contribution in [0.4, 0.5) is 0 Å². The summed E-state index contributed by atoms with van der Waals surface area (Å²) in [7, 11) is 0.442. The molecule has 2 atom stereocenters. The molecule has 0 amide bonds. The van der Waals surface area contributed by atoms with Crippen molar-refractivity contribution in [1.82, 2.24) is 0 Å². The van der Waals surface area contributed by atoms with Crippen molar-refractivity contribution >= 4 is 19.2 Å². The van der Waals surface area contributed by atoms with E-state index in [1.165, 1.54) is 16.2 Å². The number of aliphatic hydroxyl groups excluding tert-OH is 1. The minimum atomic E-state index is -0.476. The first-order valence-electron chi connectivity index (χ1n) is 8.86. The third-order valence-corrected chi connectivity index (χ3v) is 5.75. The van der Waals surface area contributed by atoms with E-state index in [1.807, 2.05) is 25.1 Å². The summed E-state index contributed by atoms with van der Waals surface area (Å²) in [5.74, 6) is 0.951. The van der Waals surface area contributed by atoms with Crippen molar-refractivity contribution in [2.45, 2.75) is 33.5 Å². The molecule has 1 N–H and O–H groups in total. The number of aliphatic hydroxyl groups is 1. The Bertz CT molecular complexity index is 873. The molecule has 0 saturated heterocycles. The van der Waals surface area contributed by atoms with Gasteiger partial charge in [0.1, 0.15) is 12.4 Å². The molecule has 2 unspecified atom stereocenters.